The topological polar surface area (TPSA) is 66.9 Å². The van der Waals surface area contributed by atoms with Gasteiger partial charge in [-0.05, 0) is 56.5 Å². The number of ketones is 1. The van der Waals surface area contributed by atoms with Crippen LogP contribution in [0.15, 0.2) is 42.5 Å². The highest BCUT2D eigenvalue weighted by Crippen LogP contribution is 2.37. The molecule has 0 aromatic heterocycles. The second-order valence-electron chi connectivity index (χ2n) is 7.99. The lowest BCUT2D eigenvalue weighted by Gasteiger charge is -2.34. The van der Waals surface area contributed by atoms with Gasteiger partial charge >= 0.3 is 0 Å². The largest absolute Gasteiger partial charge is 0.479 e. The Morgan fingerprint density at radius 2 is 1.87 bits per heavy atom. The molecule has 2 atom stereocenters. The monoisotopic (exact) mass is 406 g/mol. The molecule has 2 amide bonds. The van der Waals surface area contributed by atoms with Crippen LogP contribution in [-0.4, -0.2) is 36.3 Å². The average Bonchev–Trinajstić information content (AvgIpc) is 3.07. The molecule has 156 valence electrons. The van der Waals surface area contributed by atoms with E-state index in [1.807, 2.05) is 38.1 Å². The number of para-hydroxylation sites is 1. The van der Waals surface area contributed by atoms with E-state index in [4.69, 9.17) is 4.74 Å². The van der Waals surface area contributed by atoms with Crippen LogP contribution in [-0.2, 0) is 16.0 Å². The van der Waals surface area contributed by atoms with Crippen LogP contribution in [0.5, 0.6) is 5.75 Å². The number of carbonyl (C=O) groups excluding carboxylic acids is 3. The predicted octanol–water partition coefficient (Wildman–Crippen LogP) is 3.76. The summed E-state index contributed by atoms with van der Waals surface area (Å²) in [6.07, 6.45) is 1.29. The van der Waals surface area contributed by atoms with E-state index < -0.39 is 6.10 Å². The summed E-state index contributed by atoms with van der Waals surface area (Å²) in [5.74, 6) is 0.0970. The summed E-state index contributed by atoms with van der Waals surface area (Å²) in [6, 6.07) is 13.0. The number of amides is 2. The minimum Gasteiger partial charge on any atom is -0.479 e. The van der Waals surface area contributed by atoms with E-state index >= 15 is 0 Å². The highest BCUT2D eigenvalue weighted by molar-refractivity contribution is 6.08. The SMILES string of the molecule is CCCC(=O)c1ccc2c(c1)N(CC(=O)N1c3ccccc3CC1C)C(=O)C(C)O2. The number of hydrogen-bond acceptors (Lipinski definition) is 4. The van der Waals surface area contributed by atoms with Crippen molar-refractivity contribution in [3.05, 3.63) is 53.6 Å². The van der Waals surface area contributed by atoms with Crippen LogP contribution in [0.2, 0.25) is 0 Å². The van der Waals surface area contributed by atoms with Crippen LogP contribution in [0.1, 0.15) is 49.5 Å². The molecule has 0 saturated carbocycles. The van der Waals surface area contributed by atoms with Crippen LogP contribution < -0.4 is 14.5 Å². The van der Waals surface area contributed by atoms with Gasteiger partial charge < -0.3 is 9.64 Å². The van der Waals surface area contributed by atoms with E-state index in [0.717, 1.165) is 24.1 Å². The first-order valence-electron chi connectivity index (χ1n) is 10.5. The van der Waals surface area contributed by atoms with E-state index in [9.17, 15) is 14.4 Å². The first-order valence-corrected chi connectivity index (χ1v) is 10.5. The Morgan fingerprint density at radius 3 is 2.63 bits per heavy atom. The van der Waals surface area contributed by atoms with Gasteiger partial charge in [0.2, 0.25) is 5.91 Å². The lowest BCUT2D eigenvalue weighted by atomic mass is 10.0. The molecule has 6 nitrogen and oxygen atoms in total. The Hall–Kier alpha value is -3.15. The normalized spacial score (nSPS) is 19.9. The molecule has 2 aliphatic heterocycles. The van der Waals surface area contributed by atoms with Gasteiger partial charge in [-0.3, -0.25) is 19.3 Å². The zero-order valence-corrected chi connectivity index (χ0v) is 17.6. The molecule has 0 saturated heterocycles. The molecule has 2 heterocycles. The van der Waals surface area contributed by atoms with E-state index in [0.29, 0.717) is 23.4 Å². The molecule has 0 bridgehead atoms. The zero-order chi connectivity index (χ0) is 21.4. The summed E-state index contributed by atoms with van der Waals surface area (Å²) in [5, 5.41) is 0. The number of ether oxygens (including phenoxy) is 1. The third-order valence-electron chi connectivity index (χ3n) is 5.74. The van der Waals surface area contributed by atoms with E-state index in [1.165, 1.54) is 4.90 Å². The Labute approximate surface area is 176 Å². The zero-order valence-electron chi connectivity index (χ0n) is 17.6. The van der Waals surface area contributed by atoms with Gasteiger partial charge in [-0.15, -0.1) is 0 Å². The first kappa shape index (κ1) is 20.1. The molecule has 0 aliphatic carbocycles. The molecule has 4 rings (SSSR count). The van der Waals surface area contributed by atoms with Gasteiger partial charge in [0, 0.05) is 23.7 Å². The number of rotatable bonds is 5. The van der Waals surface area contributed by atoms with Gasteiger partial charge in [0.25, 0.3) is 5.91 Å². The number of Topliss-reactive ketones (excluding diaryl/α,β-unsaturated/α-hetero) is 1. The van der Waals surface area contributed by atoms with Crippen molar-refractivity contribution in [3.63, 3.8) is 0 Å². The summed E-state index contributed by atoms with van der Waals surface area (Å²) in [6.45, 7) is 5.54. The van der Waals surface area contributed by atoms with E-state index in [1.54, 1.807) is 30.0 Å². The Balaban J connectivity index is 1.66. The van der Waals surface area contributed by atoms with Crippen LogP contribution in [0.3, 0.4) is 0 Å². The molecular weight excluding hydrogens is 380 g/mol. The Morgan fingerprint density at radius 1 is 1.10 bits per heavy atom. The third-order valence-corrected chi connectivity index (χ3v) is 5.74. The fourth-order valence-electron chi connectivity index (χ4n) is 4.27. The Kier molecular flexibility index (Phi) is 5.33. The number of fused-ring (bicyclic) bond motifs is 2. The molecule has 2 aliphatic rings. The molecule has 0 spiro atoms. The van der Waals surface area contributed by atoms with Crippen molar-refractivity contribution in [2.45, 2.75) is 52.2 Å². The lowest BCUT2D eigenvalue weighted by Crippen LogP contribution is -2.50. The van der Waals surface area contributed by atoms with Gasteiger partial charge in [0.05, 0.1) is 5.69 Å². The molecule has 6 heteroatoms. The number of hydrogen-bond donors (Lipinski definition) is 0. The number of carbonyl (C=O) groups is 3. The smallest absolute Gasteiger partial charge is 0.268 e. The minimum atomic E-state index is -0.689. The van der Waals surface area contributed by atoms with Crippen molar-refractivity contribution < 1.29 is 19.1 Å². The van der Waals surface area contributed by atoms with Crippen LogP contribution in [0, 0.1) is 0 Å². The quantitative estimate of drug-likeness (QED) is 0.709. The standard InChI is InChI=1S/C24H26N2O4/c1-4-7-21(27)18-10-11-22-20(13-18)25(24(29)16(3)30-22)14-23(28)26-15(2)12-17-8-5-6-9-19(17)26/h5-6,8-11,13,15-16H,4,7,12,14H2,1-3H3. The van der Waals surface area contributed by atoms with Crippen molar-refractivity contribution in [1.29, 1.82) is 0 Å². The van der Waals surface area contributed by atoms with Crippen molar-refractivity contribution in [2.75, 3.05) is 16.3 Å². The number of anilines is 2. The molecule has 2 aromatic carbocycles. The predicted molar refractivity (Wildman–Crippen MR) is 115 cm³/mol. The maximum Gasteiger partial charge on any atom is 0.268 e. The highest BCUT2D eigenvalue weighted by Gasteiger charge is 2.37. The molecule has 2 aromatic rings. The summed E-state index contributed by atoms with van der Waals surface area (Å²) in [4.78, 5) is 41.8. The summed E-state index contributed by atoms with van der Waals surface area (Å²) >= 11 is 0. The molecule has 0 N–H and O–H groups in total. The van der Waals surface area contributed by atoms with Gasteiger partial charge in [-0.25, -0.2) is 0 Å². The average molecular weight is 406 g/mol. The second-order valence-corrected chi connectivity index (χ2v) is 7.99. The highest BCUT2D eigenvalue weighted by atomic mass is 16.5. The van der Waals surface area contributed by atoms with Crippen molar-refractivity contribution in [1.82, 2.24) is 0 Å². The van der Waals surface area contributed by atoms with Crippen molar-refractivity contribution in [2.24, 2.45) is 0 Å². The van der Waals surface area contributed by atoms with E-state index in [-0.39, 0.29) is 30.2 Å². The summed E-state index contributed by atoms with van der Waals surface area (Å²) < 4.78 is 5.73. The van der Waals surface area contributed by atoms with E-state index in [2.05, 4.69) is 0 Å². The fraction of sp³-hybridized carbons (Fsp3) is 0.375. The Bertz CT molecular complexity index is 1020. The molecule has 2 unspecified atom stereocenters. The number of benzene rings is 2. The van der Waals surface area contributed by atoms with Crippen LogP contribution in [0.4, 0.5) is 11.4 Å². The molecule has 0 radical (unpaired) electrons. The maximum absolute atomic E-state index is 13.3. The molecule has 0 fully saturated rings. The van der Waals surface area contributed by atoms with Gasteiger partial charge in [0.1, 0.15) is 12.3 Å². The third kappa shape index (κ3) is 3.47. The van der Waals surface area contributed by atoms with Crippen molar-refractivity contribution in [3.8, 4) is 5.75 Å². The van der Waals surface area contributed by atoms with Gasteiger partial charge in [-0.1, -0.05) is 25.1 Å². The molecule has 30 heavy (non-hydrogen) atoms. The molecular formula is C24H26N2O4. The summed E-state index contributed by atoms with van der Waals surface area (Å²) in [5.41, 5.74) is 3.04. The minimum absolute atomic E-state index is 0.0136. The van der Waals surface area contributed by atoms with Crippen molar-refractivity contribution >= 4 is 29.0 Å². The van der Waals surface area contributed by atoms with Gasteiger partial charge in [0.15, 0.2) is 11.9 Å². The van der Waals surface area contributed by atoms with Gasteiger partial charge in [-0.2, -0.15) is 0 Å². The second kappa shape index (κ2) is 7.94. The van der Waals surface area contributed by atoms with Crippen LogP contribution in [0.25, 0.3) is 0 Å². The fourth-order valence-corrected chi connectivity index (χ4v) is 4.27. The first-order chi connectivity index (χ1) is 14.4. The summed E-state index contributed by atoms with van der Waals surface area (Å²) in [7, 11) is 0. The van der Waals surface area contributed by atoms with Crippen LogP contribution >= 0.6 is 0 Å². The lowest BCUT2D eigenvalue weighted by molar-refractivity contribution is -0.127. The number of nitrogens with zero attached hydrogens (tertiary/aromatic N) is 2. The maximum atomic E-state index is 13.3.